The summed E-state index contributed by atoms with van der Waals surface area (Å²) in [6.07, 6.45) is 13.6. The van der Waals surface area contributed by atoms with Crippen molar-refractivity contribution in [3.63, 3.8) is 0 Å². The van der Waals surface area contributed by atoms with Crippen LogP contribution in [-0.2, 0) is 14.5 Å². The highest BCUT2D eigenvalue weighted by atomic mass is 17.3. The van der Waals surface area contributed by atoms with Crippen molar-refractivity contribution in [3.8, 4) is 0 Å². The van der Waals surface area contributed by atoms with Crippen molar-refractivity contribution >= 4 is 0 Å². The second-order valence-electron chi connectivity index (χ2n) is 10.3. The van der Waals surface area contributed by atoms with Crippen LogP contribution in [0.4, 0.5) is 0 Å². The van der Waals surface area contributed by atoms with Crippen molar-refractivity contribution < 1.29 is 14.5 Å². The summed E-state index contributed by atoms with van der Waals surface area (Å²) in [5.74, 6) is 5.51. The minimum Gasteiger partial charge on any atom is -0.311 e. The molecule has 0 radical (unpaired) electrons. The Bertz CT molecular complexity index is 451. The lowest BCUT2D eigenvalue weighted by molar-refractivity contribution is -0.404. The third-order valence-corrected chi connectivity index (χ3v) is 9.17. The molecular weight excluding hydrogens is 288 g/mol. The Labute approximate surface area is 138 Å². The second-order valence-corrected chi connectivity index (χ2v) is 10.3. The van der Waals surface area contributed by atoms with Crippen LogP contribution in [0.1, 0.15) is 64.2 Å². The predicted octanol–water partition coefficient (Wildman–Crippen LogP) is 4.27. The molecule has 0 aromatic rings. The van der Waals surface area contributed by atoms with Crippen LogP contribution in [0.3, 0.4) is 0 Å². The number of rotatable bonds is 0. The number of hydrogen-bond donors (Lipinski definition) is 0. The standard InChI is InChI=1S/C20H28O3/c1-11-3-15-5-12(1)6-16(4-11)19(15)21-20(23-22-19)17-7-13-2-14(9-17)10-18(20)8-13/h11-18H,1-10H2. The van der Waals surface area contributed by atoms with Gasteiger partial charge in [0.15, 0.2) is 0 Å². The molecule has 0 aromatic carbocycles. The van der Waals surface area contributed by atoms with Crippen molar-refractivity contribution in [3.05, 3.63) is 0 Å². The Morgan fingerprint density at radius 2 is 0.739 bits per heavy atom. The highest BCUT2D eigenvalue weighted by Crippen LogP contribution is 2.68. The van der Waals surface area contributed by atoms with Gasteiger partial charge in [0.1, 0.15) is 0 Å². The van der Waals surface area contributed by atoms with E-state index in [1.54, 1.807) is 0 Å². The summed E-state index contributed by atoms with van der Waals surface area (Å²) < 4.78 is 7.05. The van der Waals surface area contributed by atoms with Gasteiger partial charge in [-0.1, -0.05) is 0 Å². The zero-order valence-corrected chi connectivity index (χ0v) is 13.9. The molecule has 0 unspecified atom stereocenters. The topological polar surface area (TPSA) is 27.7 Å². The van der Waals surface area contributed by atoms with Crippen molar-refractivity contribution in [2.75, 3.05) is 0 Å². The summed E-state index contributed by atoms with van der Waals surface area (Å²) >= 11 is 0. The van der Waals surface area contributed by atoms with Crippen LogP contribution in [-0.4, -0.2) is 11.6 Å². The van der Waals surface area contributed by atoms with Gasteiger partial charge < -0.3 is 4.74 Å². The zero-order chi connectivity index (χ0) is 14.8. The Morgan fingerprint density at radius 3 is 1.04 bits per heavy atom. The maximum atomic E-state index is 7.05. The third kappa shape index (κ3) is 1.46. The molecule has 23 heavy (non-hydrogen) atoms. The van der Waals surface area contributed by atoms with Gasteiger partial charge >= 0.3 is 0 Å². The van der Waals surface area contributed by atoms with E-state index in [0.717, 1.165) is 23.7 Å². The van der Waals surface area contributed by atoms with Gasteiger partial charge in [-0.3, -0.25) is 0 Å². The summed E-state index contributed by atoms with van der Waals surface area (Å²) in [4.78, 5) is 12.5. The fourth-order valence-corrected chi connectivity index (χ4v) is 8.70. The van der Waals surface area contributed by atoms with Crippen molar-refractivity contribution in [1.29, 1.82) is 0 Å². The normalized spacial score (nSPS) is 67.8. The van der Waals surface area contributed by atoms with Crippen molar-refractivity contribution in [2.24, 2.45) is 47.3 Å². The Kier molecular flexibility index (Phi) is 2.28. The lowest BCUT2D eigenvalue weighted by Gasteiger charge is -2.60. The molecule has 3 heteroatoms. The van der Waals surface area contributed by atoms with Gasteiger partial charge in [0.05, 0.1) is 0 Å². The SMILES string of the molecule is C1C2CC3CC1CC(C2)C31OOC2(O1)C1CC3CC(C1)CC2C3. The minimum absolute atomic E-state index is 0.358. The van der Waals surface area contributed by atoms with Crippen molar-refractivity contribution in [1.82, 2.24) is 0 Å². The maximum Gasteiger partial charge on any atom is 0.210 e. The zero-order valence-electron chi connectivity index (χ0n) is 13.9. The second kappa shape index (κ2) is 3.99. The van der Waals surface area contributed by atoms with Crippen LogP contribution in [0.25, 0.3) is 0 Å². The van der Waals surface area contributed by atoms with Crippen LogP contribution in [0.2, 0.25) is 0 Å². The van der Waals surface area contributed by atoms with Crippen LogP contribution < -0.4 is 0 Å². The van der Waals surface area contributed by atoms with Gasteiger partial charge in [0.25, 0.3) is 0 Å². The fourth-order valence-electron chi connectivity index (χ4n) is 8.70. The third-order valence-electron chi connectivity index (χ3n) is 9.17. The molecule has 1 heterocycles. The Morgan fingerprint density at radius 1 is 0.435 bits per heavy atom. The molecule has 9 aliphatic rings. The molecule has 1 aliphatic heterocycles. The predicted molar refractivity (Wildman–Crippen MR) is 82.8 cm³/mol. The van der Waals surface area contributed by atoms with Crippen molar-refractivity contribution in [2.45, 2.75) is 75.8 Å². The highest BCUT2D eigenvalue weighted by Gasteiger charge is 2.72. The average Bonchev–Trinajstić information content (AvgIpc) is 2.92. The first kappa shape index (κ1) is 13.1. The first-order valence-electron chi connectivity index (χ1n) is 10.3. The largest absolute Gasteiger partial charge is 0.311 e. The van der Waals surface area contributed by atoms with E-state index in [4.69, 9.17) is 14.5 Å². The first-order valence-corrected chi connectivity index (χ1v) is 10.3. The molecule has 8 saturated carbocycles. The van der Waals surface area contributed by atoms with Gasteiger partial charge in [-0.2, -0.15) is 9.78 Å². The van der Waals surface area contributed by atoms with Gasteiger partial charge in [-0.15, -0.1) is 0 Å². The fraction of sp³-hybridized carbons (Fsp3) is 1.00. The van der Waals surface area contributed by atoms with Crippen LogP contribution in [0.15, 0.2) is 0 Å². The van der Waals surface area contributed by atoms with Crippen LogP contribution >= 0.6 is 0 Å². The summed E-state index contributed by atoms with van der Waals surface area (Å²) in [5, 5.41) is 0. The van der Waals surface area contributed by atoms with Crippen LogP contribution in [0, 0.1) is 47.3 Å². The Hall–Kier alpha value is -0.120. The maximum absolute atomic E-state index is 7.05. The molecule has 0 atom stereocenters. The van der Waals surface area contributed by atoms with E-state index in [2.05, 4.69) is 0 Å². The molecule has 0 N–H and O–H groups in total. The summed E-state index contributed by atoms with van der Waals surface area (Å²) in [7, 11) is 0. The lowest BCUT2D eigenvalue weighted by atomic mass is 9.52. The molecule has 0 amide bonds. The molecule has 126 valence electrons. The summed E-state index contributed by atoms with van der Waals surface area (Å²) in [6, 6.07) is 0. The van der Waals surface area contributed by atoms with Crippen LogP contribution in [0.5, 0.6) is 0 Å². The molecule has 9 fully saturated rings. The van der Waals surface area contributed by atoms with E-state index in [1.807, 2.05) is 0 Å². The minimum atomic E-state index is -0.358. The molecule has 2 spiro atoms. The average molecular weight is 316 g/mol. The molecular formula is C20H28O3. The smallest absolute Gasteiger partial charge is 0.210 e. The van der Waals surface area contributed by atoms with E-state index in [-0.39, 0.29) is 11.6 Å². The van der Waals surface area contributed by atoms with E-state index in [0.29, 0.717) is 23.7 Å². The molecule has 8 bridgehead atoms. The van der Waals surface area contributed by atoms with Gasteiger partial charge in [0, 0.05) is 23.7 Å². The Balaban J connectivity index is 1.27. The van der Waals surface area contributed by atoms with Gasteiger partial charge in [-0.05, 0) is 87.9 Å². The molecule has 1 saturated heterocycles. The summed E-state index contributed by atoms with van der Waals surface area (Å²) in [6.45, 7) is 0. The van der Waals surface area contributed by atoms with E-state index < -0.39 is 0 Å². The van der Waals surface area contributed by atoms with Gasteiger partial charge in [0.2, 0.25) is 11.6 Å². The van der Waals surface area contributed by atoms with E-state index in [1.165, 1.54) is 64.2 Å². The lowest BCUT2D eigenvalue weighted by Crippen LogP contribution is -2.63. The monoisotopic (exact) mass is 316 g/mol. The molecule has 3 nitrogen and oxygen atoms in total. The number of hydrogen-bond acceptors (Lipinski definition) is 3. The van der Waals surface area contributed by atoms with Gasteiger partial charge in [-0.25, -0.2) is 0 Å². The molecule has 8 aliphatic carbocycles. The van der Waals surface area contributed by atoms with E-state index >= 15 is 0 Å². The first-order chi connectivity index (χ1) is 11.2. The molecule has 9 rings (SSSR count). The van der Waals surface area contributed by atoms with E-state index in [9.17, 15) is 0 Å². The number of ether oxygens (including phenoxy) is 1. The molecule has 0 aromatic heterocycles. The summed E-state index contributed by atoms with van der Waals surface area (Å²) in [5.41, 5.74) is 0. The quantitative estimate of drug-likeness (QED) is 0.625. The highest BCUT2D eigenvalue weighted by molar-refractivity contribution is 5.10.